The average Bonchev–Trinajstić information content (AvgIpc) is 3.71. The van der Waals surface area contributed by atoms with Crippen molar-refractivity contribution in [3.05, 3.63) is 102 Å². The maximum Gasteiger partial charge on any atom is 0.338 e. The molecule has 2 aromatic heterocycles. The van der Waals surface area contributed by atoms with E-state index in [-0.39, 0.29) is 24.5 Å². The topological polar surface area (TPSA) is 119 Å². The largest absolute Gasteiger partial charge is 0.465 e. The Labute approximate surface area is 237 Å². The molecular formula is C30H24N2O8S. The lowest BCUT2D eigenvalue weighted by Gasteiger charge is -2.24. The van der Waals surface area contributed by atoms with Gasteiger partial charge < -0.3 is 23.4 Å². The van der Waals surface area contributed by atoms with E-state index < -0.39 is 18.0 Å². The van der Waals surface area contributed by atoms with Gasteiger partial charge in [0, 0.05) is 11.6 Å². The zero-order chi connectivity index (χ0) is 28.7. The molecule has 2 aliphatic rings. The summed E-state index contributed by atoms with van der Waals surface area (Å²) in [6, 6.07) is 14.9. The van der Waals surface area contributed by atoms with Gasteiger partial charge in [0.25, 0.3) is 5.56 Å². The molecule has 6 rings (SSSR count). The van der Waals surface area contributed by atoms with Crippen LogP contribution in [0.4, 0.5) is 0 Å². The summed E-state index contributed by atoms with van der Waals surface area (Å²) in [6.07, 6.45) is 1.64. The van der Waals surface area contributed by atoms with Gasteiger partial charge in [-0.25, -0.2) is 14.6 Å². The molecule has 11 heteroatoms. The van der Waals surface area contributed by atoms with Gasteiger partial charge in [-0.05, 0) is 55.8 Å². The Morgan fingerprint density at radius 3 is 2.73 bits per heavy atom. The summed E-state index contributed by atoms with van der Waals surface area (Å²) < 4.78 is 29.0. The SMILES string of the molecule is CCOC(=O)C1=C(C)N=c2s/c(=C\c3ccc(-c4cccc(C(=O)OC)c4)o3)c(=O)n2C1c1ccc2c(c1)OCO2. The molecule has 0 spiro atoms. The molecule has 2 aliphatic heterocycles. The van der Waals surface area contributed by atoms with Crippen LogP contribution in [0.3, 0.4) is 0 Å². The van der Waals surface area contributed by atoms with E-state index in [0.29, 0.717) is 54.7 Å². The first kappa shape index (κ1) is 26.3. The zero-order valence-electron chi connectivity index (χ0n) is 22.3. The summed E-state index contributed by atoms with van der Waals surface area (Å²) in [4.78, 5) is 43.9. The predicted octanol–water partition coefficient (Wildman–Crippen LogP) is 3.57. The highest BCUT2D eigenvalue weighted by Gasteiger charge is 2.34. The summed E-state index contributed by atoms with van der Waals surface area (Å²) in [6.45, 7) is 3.73. The van der Waals surface area contributed by atoms with E-state index in [4.69, 9.17) is 23.4 Å². The quantitative estimate of drug-likeness (QED) is 0.322. The minimum atomic E-state index is -0.782. The van der Waals surface area contributed by atoms with Crippen molar-refractivity contribution < 1.29 is 33.0 Å². The Bertz CT molecular complexity index is 1910. The van der Waals surface area contributed by atoms with E-state index in [1.807, 2.05) is 6.07 Å². The zero-order valence-corrected chi connectivity index (χ0v) is 23.2. The van der Waals surface area contributed by atoms with Crippen LogP contribution < -0.4 is 24.4 Å². The highest BCUT2D eigenvalue weighted by molar-refractivity contribution is 7.07. The second-order valence-electron chi connectivity index (χ2n) is 9.19. The summed E-state index contributed by atoms with van der Waals surface area (Å²) in [5, 5.41) is 0. The van der Waals surface area contributed by atoms with Gasteiger partial charge >= 0.3 is 11.9 Å². The Hall–Kier alpha value is -4.90. The number of fused-ring (bicyclic) bond motifs is 2. The fourth-order valence-electron chi connectivity index (χ4n) is 4.82. The molecule has 1 atom stereocenters. The minimum absolute atomic E-state index is 0.0965. The first-order valence-corrected chi connectivity index (χ1v) is 13.6. The van der Waals surface area contributed by atoms with Crippen molar-refractivity contribution in [2.45, 2.75) is 19.9 Å². The van der Waals surface area contributed by atoms with Crippen molar-refractivity contribution in [3.8, 4) is 22.8 Å². The molecule has 0 saturated carbocycles. The Balaban J connectivity index is 1.44. The van der Waals surface area contributed by atoms with Crippen LogP contribution >= 0.6 is 11.3 Å². The number of aromatic nitrogens is 1. The van der Waals surface area contributed by atoms with Crippen LogP contribution in [0, 0.1) is 0 Å². The molecule has 0 fully saturated rings. The van der Waals surface area contributed by atoms with Crippen molar-refractivity contribution >= 4 is 29.4 Å². The van der Waals surface area contributed by atoms with Crippen LogP contribution in [0.1, 0.15) is 41.6 Å². The molecule has 0 radical (unpaired) electrons. The minimum Gasteiger partial charge on any atom is -0.465 e. The van der Waals surface area contributed by atoms with Crippen LogP contribution in [0.25, 0.3) is 17.4 Å². The van der Waals surface area contributed by atoms with Crippen molar-refractivity contribution in [3.63, 3.8) is 0 Å². The number of thiazole rings is 1. The van der Waals surface area contributed by atoms with Crippen molar-refractivity contribution in [1.82, 2.24) is 4.57 Å². The van der Waals surface area contributed by atoms with Crippen LogP contribution in [0.2, 0.25) is 0 Å². The lowest BCUT2D eigenvalue weighted by Crippen LogP contribution is -2.39. The first-order chi connectivity index (χ1) is 19.9. The molecule has 0 aliphatic carbocycles. The van der Waals surface area contributed by atoms with Gasteiger partial charge in [-0.3, -0.25) is 9.36 Å². The van der Waals surface area contributed by atoms with Crippen LogP contribution in [0.5, 0.6) is 11.5 Å². The van der Waals surface area contributed by atoms with Crippen molar-refractivity contribution in [2.24, 2.45) is 4.99 Å². The van der Waals surface area contributed by atoms with E-state index >= 15 is 0 Å². The number of hydrogen-bond donors (Lipinski definition) is 0. The maximum absolute atomic E-state index is 13.9. The smallest absolute Gasteiger partial charge is 0.338 e. The van der Waals surface area contributed by atoms with Gasteiger partial charge in [-0.15, -0.1) is 0 Å². The van der Waals surface area contributed by atoms with Crippen LogP contribution in [-0.4, -0.2) is 37.0 Å². The number of ether oxygens (including phenoxy) is 4. The molecule has 0 N–H and O–H groups in total. The van der Waals surface area contributed by atoms with Crippen LogP contribution in [-0.2, 0) is 14.3 Å². The summed E-state index contributed by atoms with van der Waals surface area (Å²) >= 11 is 1.19. The van der Waals surface area contributed by atoms with Gasteiger partial charge in [0.1, 0.15) is 11.5 Å². The summed E-state index contributed by atoms with van der Waals surface area (Å²) in [5.41, 5.74) is 2.14. The van der Waals surface area contributed by atoms with E-state index in [1.165, 1.54) is 23.0 Å². The third kappa shape index (κ3) is 4.74. The molecule has 1 unspecified atom stereocenters. The maximum atomic E-state index is 13.9. The molecule has 2 aromatic carbocycles. The van der Waals surface area contributed by atoms with Crippen LogP contribution in [0.15, 0.2) is 80.1 Å². The van der Waals surface area contributed by atoms with Crippen molar-refractivity contribution in [1.29, 1.82) is 0 Å². The molecule has 0 bridgehead atoms. The lowest BCUT2D eigenvalue weighted by molar-refractivity contribution is -0.139. The Morgan fingerprint density at radius 2 is 1.93 bits per heavy atom. The molecule has 4 heterocycles. The second-order valence-corrected chi connectivity index (χ2v) is 10.2. The number of furan rings is 1. The number of methoxy groups -OCH3 is 1. The Morgan fingerprint density at radius 1 is 1.10 bits per heavy atom. The number of carbonyl (C=O) groups excluding carboxylic acids is 2. The number of allylic oxidation sites excluding steroid dienone is 1. The molecule has 4 aromatic rings. The fourth-order valence-corrected chi connectivity index (χ4v) is 5.85. The van der Waals surface area contributed by atoms with E-state index in [0.717, 1.165) is 0 Å². The molecule has 0 saturated heterocycles. The number of benzene rings is 2. The van der Waals surface area contributed by atoms with Gasteiger partial charge in [-0.1, -0.05) is 29.5 Å². The number of carbonyl (C=O) groups is 2. The number of nitrogens with zero attached hydrogens (tertiary/aromatic N) is 2. The third-order valence-corrected chi connectivity index (χ3v) is 7.68. The summed E-state index contributed by atoms with van der Waals surface area (Å²) in [5.74, 6) is 1.08. The van der Waals surface area contributed by atoms with Gasteiger partial charge in [0.05, 0.1) is 41.1 Å². The third-order valence-electron chi connectivity index (χ3n) is 6.70. The second kappa shape index (κ2) is 10.6. The van der Waals surface area contributed by atoms with E-state index in [1.54, 1.807) is 68.5 Å². The number of esters is 2. The van der Waals surface area contributed by atoms with Gasteiger partial charge in [0.2, 0.25) is 6.79 Å². The number of hydrogen-bond acceptors (Lipinski definition) is 10. The van der Waals surface area contributed by atoms with E-state index in [2.05, 4.69) is 4.99 Å². The highest BCUT2D eigenvalue weighted by atomic mass is 32.1. The molecule has 208 valence electrons. The first-order valence-electron chi connectivity index (χ1n) is 12.8. The highest BCUT2D eigenvalue weighted by Crippen LogP contribution is 2.38. The normalized spacial score (nSPS) is 15.9. The van der Waals surface area contributed by atoms with Gasteiger partial charge in [0.15, 0.2) is 16.3 Å². The lowest BCUT2D eigenvalue weighted by atomic mass is 9.95. The molecule has 10 nitrogen and oxygen atoms in total. The fraction of sp³-hybridized carbons (Fsp3) is 0.200. The summed E-state index contributed by atoms with van der Waals surface area (Å²) in [7, 11) is 1.32. The predicted molar refractivity (Wildman–Crippen MR) is 148 cm³/mol. The standard InChI is InChI=1S/C30H24N2O8S/c1-4-37-29(35)25-16(2)31-30-32(26(25)18-8-10-22-23(13-18)39-15-38-22)27(33)24(41-30)14-20-9-11-21(40-20)17-6-5-7-19(12-17)28(34)36-3/h5-14,26H,4,15H2,1-3H3/b24-14-. The Kier molecular flexibility index (Phi) is 6.80. The monoisotopic (exact) mass is 572 g/mol. The molecule has 0 amide bonds. The average molecular weight is 573 g/mol. The number of rotatable bonds is 6. The molecule has 41 heavy (non-hydrogen) atoms. The molecular weight excluding hydrogens is 548 g/mol. The van der Waals surface area contributed by atoms with Crippen molar-refractivity contribution in [2.75, 3.05) is 20.5 Å². The van der Waals surface area contributed by atoms with Gasteiger partial charge in [-0.2, -0.15) is 0 Å². The van der Waals surface area contributed by atoms with E-state index in [9.17, 15) is 14.4 Å².